The number of aryl methyl sites for hydroxylation is 1. The first kappa shape index (κ1) is 18.4. The summed E-state index contributed by atoms with van der Waals surface area (Å²) < 4.78 is 23.4. The number of hydrogen-bond donors (Lipinski definition) is 1. The normalized spacial score (nSPS) is 11.5. The summed E-state index contributed by atoms with van der Waals surface area (Å²) in [6.07, 6.45) is -1.10. The van der Waals surface area contributed by atoms with E-state index in [4.69, 9.17) is 9.47 Å². The summed E-state index contributed by atoms with van der Waals surface area (Å²) in [6.45, 7) is 3.36. The highest BCUT2D eigenvalue weighted by Crippen LogP contribution is 2.25. The van der Waals surface area contributed by atoms with Crippen LogP contribution >= 0.6 is 0 Å². The van der Waals surface area contributed by atoms with E-state index in [1.165, 1.54) is 32.2 Å². The molecule has 5 nitrogen and oxygen atoms in total. The van der Waals surface area contributed by atoms with E-state index in [9.17, 15) is 14.0 Å². The number of rotatable bonds is 6. The van der Waals surface area contributed by atoms with Gasteiger partial charge in [0.2, 0.25) is 0 Å². The maximum atomic E-state index is 13.1. The quantitative estimate of drug-likeness (QED) is 0.816. The number of carbonyl (C=O) groups is 2. The number of esters is 1. The van der Waals surface area contributed by atoms with Gasteiger partial charge >= 0.3 is 5.97 Å². The third kappa shape index (κ3) is 5.31. The van der Waals surface area contributed by atoms with Crippen molar-refractivity contribution in [2.75, 3.05) is 12.4 Å². The monoisotopic (exact) mass is 345 g/mol. The molecular weight excluding hydrogens is 325 g/mol. The van der Waals surface area contributed by atoms with Gasteiger partial charge in [0, 0.05) is 0 Å². The third-order valence-electron chi connectivity index (χ3n) is 3.53. The van der Waals surface area contributed by atoms with Gasteiger partial charge in [0.25, 0.3) is 5.91 Å². The van der Waals surface area contributed by atoms with E-state index in [1.807, 2.05) is 13.0 Å². The van der Waals surface area contributed by atoms with Crippen LogP contribution in [0.4, 0.5) is 10.1 Å². The van der Waals surface area contributed by atoms with E-state index in [0.717, 1.165) is 5.56 Å². The van der Waals surface area contributed by atoms with Crippen LogP contribution in [0.1, 0.15) is 18.1 Å². The summed E-state index contributed by atoms with van der Waals surface area (Å²) in [4.78, 5) is 24.1. The number of carbonyl (C=O) groups excluding carboxylic acids is 2. The Balaban J connectivity index is 1.96. The molecule has 2 aromatic rings. The lowest BCUT2D eigenvalue weighted by Gasteiger charge is -2.15. The van der Waals surface area contributed by atoms with E-state index in [0.29, 0.717) is 17.0 Å². The van der Waals surface area contributed by atoms with Crippen molar-refractivity contribution in [3.8, 4) is 5.75 Å². The first-order chi connectivity index (χ1) is 11.9. The summed E-state index contributed by atoms with van der Waals surface area (Å²) in [7, 11) is 1.50. The largest absolute Gasteiger partial charge is 0.495 e. The molecule has 0 unspecified atom stereocenters. The Hall–Kier alpha value is -2.89. The molecule has 1 atom stereocenters. The van der Waals surface area contributed by atoms with Crippen LogP contribution < -0.4 is 10.1 Å². The molecule has 25 heavy (non-hydrogen) atoms. The molecule has 2 rings (SSSR count). The molecule has 0 saturated carbocycles. The minimum atomic E-state index is -0.994. The van der Waals surface area contributed by atoms with Gasteiger partial charge < -0.3 is 14.8 Å². The van der Waals surface area contributed by atoms with Crippen molar-refractivity contribution in [1.29, 1.82) is 0 Å². The highest BCUT2D eigenvalue weighted by Gasteiger charge is 2.19. The summed E-state index contributed by atoms with van der Waals surface area (Å²) >= 11 is 0. The lowest BCUT2D eigenvalue weighted by Crippen LogP contribution is -2.30. The number of ether oxygens (including phenoxy) is 2. The highest BCUT2D eigenvalue weighted by molar-refractivity contribution is 5.96. The zero-order valence-electron chi connectivity index (χ0n) is 14.3. The van der Waals surface area contributed by atoms with Crippen molar-refractivity contribution in [2.45, 2.75) is 26.4 Å². The van der Waals surface area contributed by atoms with Crippen molar-refractivity contribution in [3.63, 3.8) is 0 Å². The van der Waals surface area contributed by atoms with Gasteiger partial charge in [-0.25, -0.2) is 4.39 Å². The van der Waals surface area contributed by atoms with Gasteiger partial charge in [-0.1, -0.05) is 18.2 Å². The zero-order valence-corrected chi connectivity index (χ0v) is 14.3. The zero-order chi connectivity index (χ0) is 18.4. The van der Waals surface area contributed by atoms with E-state index < -0.39 is 23.8 Å². The Bertz CT molecular complexity index is 776. The first-order valence-electron chi connectivity index (χ1n) is 7.78. The number of benzene rings is 2. The third-order valence-corrected chi connectivity index (χ3v) is 3.53. The van der Waals surface area contributed by atoms with Crippen LogP contribution in [0.3, 0.4) is 0 Å². The summed E-state index contributed by atoms with van der Waals surface area (Å²) in [6, 6.07) is 11.0. The second-order valence-corrected chi connectivity index (χ2v) is 5.63. The van der Waals surface area contributed by atoms with Gasteiger partial charge in [-0.05, 0) is 49.2 Å². The number of amides is 1. The molecule has 0 fully saturated rings. The number of anilines is 1. The van der Waals surface area contributed by atoms with Gasteiger partial charge in [0.15, 0.2) is 6.10 Å². The molecule has 0 heterocycles. The predicted octanol–water partition coefficient (Wildman–Crippen LogP) is 3.26. The Morgan fingerprint density at radius 2 is 1.96 bits per heavy atom. The molecule has 0 saturated heterocycles. The van der Waals surface area contributed by atoms with Crippen LogP contribution in [0, 0.1) is 12.7 Å². The Morgan fingerprint density at radius 3 is 2.64 bits per heavy atom. The molecule has 0 radical (unpaired) electrons. The Kier molecular flexibility index (Phi) is 6.11. The van der Waals surface area contributed by atoms with Gasteiger partial charge in [-0.3, -0.25) is 9.59 Å². The fourth-order valence-corrected chi connectivity index (χ4v) is 2.26. The van der Waals surface area contributed by atoms with Gasteiger partial charge in [-0.15, -0.1) is 0 Å². The molecule has 1 N–H and O–H groups in total. The molecule has 0 aromatic heterocycles. The summed E-state index contributed by atoms with van der Waals surface area (Å²) in [5.74, 6) is -0.999. The second kappa shape index (κ2) is 8.28. The maximum Gasteiger partial charge on any atom is 0.311 e. The minimum Gasteiger partial charge on any atom is -0.495 e. The average molecular weight is 345 g/mol. The second-order valence-electron chi connectivity index (χ2n) is 5.63. The standard InChI is InChI=1S/C19H20FNO4/c1-12-7-8-17(24-3)16(9-12)21-19(23)13(2)25-18(22)11-14-5-4-6-15(20)10-14/h4-10,13H,11H2,1-3H3,(H,21,23)/t13-/m1/s1. The molecule has 6 heteroatoms. The van der Waals surface area contributed by atoms with Crippen LogP contribution in [0.15, 0.2) is 42.5 Å². The smallest absolute Gasteiger partial charge is 0.311 e. The lowest BCUT2D eigenvalue weighted by molar-refractivity contribution is -0.152. The molecule has 0 aliphatic carbocycles. The van der Waals surface area contributed by atoms with Crippen LogP contribution in [-0.2, 0) is 20.7 Å². The minimum absolute atomic E-state index is 0.108. The number of methoxy groups -OCH3 is 1. The number of halogens is 1. The molecule has 0 aliphatic rings. The van der Waals surface area contributed by atoms with Crippen molar-refractivity contribution < 1.29 is 23.5 Å². The topological polar surface area (TPSA) is 64.6 Å². The summed E-state index contributed by atoms with van der Waals surface area (Å²) in [5, 5.41) is 2.68. The van der Waals surface area contributed by atoms with E-state index in [-0.39, 0.29) is 6.42 Å². The van der Waals surface area contributed by atoms with Gasteiger partial charge in [0.1, 0.15) is 11.6 Å². The van der Waals surface area contributed by atoms with E-state index in [1.54, 1.807) is 18.2 Å². The van der Waals surface area contributed by atoms with Gasteiger partial charge in [-0.2, -0.15) is 0 Å². The first-order valence-corrected chi connectivity index (χ1v) is 7.78. The average Bonchev–Trinajstić information content (AvgIpc) is 2.54. The van der Waals surface area contributed by atoms with E-state index >= 15 is 0 Å². The molecule has 0 spiro atoms. The highest BCUT2D eigenvalue weighted by atomic mass is 19.1. The van der Waals surface area contributed by atoms with Crippen LogP contribution in [0.2, 0.25) is 0 Å². The molecule has 1 amide bonds. The molecular formula is C19H20FNO4. The van der Waals surface area contributed by atoms with Crippen molar-refractivity contribution in [1.82, 2.24) is 0 Å². The lowest BCUT2D eigenvalue weighted by atomic mass is 10.1. The van der Waals surface area contributed by atoms with Gasteiger partial charge in [0.05, 0.1) is 19.2 Å². The summed E-state index contributed by atoms with van der Waals surface area (Å²) in [5.41, 5.74) is 1.94. The van der Waals surface area contributed by atoms with Crippen molar-refractivity contribution in [3.05, 3.63) is 59.4 Å². The van der Waals surface area contributed by atoms with Crippen LogP contribution in [-0.4, -0.2) is 25.1 Å². The van der Waals surface area contributed by atoms with Crippen LogP contribution in [0.25, 0.3) is 0 Å². The molecule has 0 bridgehead atoms. The number of hydrogen-bond acceptors (Lipinski definition) is 4. The fraction of sp³-hybridized carbons (Fsp3) is 0.263. The maximum absolute atomic E-state index is 13.1. The fourth-order valence-electron chi connectivity index (χ4n) is 2.26. The number of nitrogens with one attached hydrogen (secondary N) is 1. The Labute approximate surface area is 145 Å². The van der Waals surface area contributed by atoms with Crippen LogP contribution in [0.5, 0.6) is 5.75 Å². The van der Waals surface area contributed by atoms with Crippen molar-refractivity contribution in [2.24, 2.45) is 0 Å². The van der Waals surface area contributed by atoms with E-state index in [2.05, 4.69) is 5.32 Å². The molecule has 132 valence electrons. The van der Waals surface area contributed by atoms with Crippen molar-refractivity contribution >= 4 is 17.6 Å². The molecule has 2 aromatic carbocycles. The predicted molar refractivity (Wildman–Crippen MR) is 92.0 cm³/mol. The SMILES string of the molecule is COc1ccc(C)cc1NC(=O)[C@@H](C)OC(=O)Cc1cccc(F)c1. The molecule has 0 aliphatic heterocycles. The Morgan fingerprint density at radius 1 is 1.20 bits per heavy atom.